The molecule has 0 amide bonds. The first-order chi connectivity index (χ1) is 15.5. The number of halogens is 1. The van der Waals surface area contributed by atoms with E-state index in [4.69, 9.17) is 74.0 Å². The van der Waals surface area contributed by atoms with E-state index < -0.39 is 44.7 Å². The SMILES string of the molecule is O=Cc1cc2c(cc1Br)C1CCCC2CC1.[B]B([B])B(B([B])[B])B(B=S)B(B([B])[B])B([B])[B]. The molecule has 2 bridgehead atoms. The van der Waals surface area contributed by atoms with Gasteiger partial charge in [-0.1, -0.05) is 22.4 Å². The van der Waals surface area contributed by atoms with Crippen molar-refractivity contribution in [2.75, 3.05) is 0 Å². The molecule has 1 fully saturated rings. The number of benzene rings is 1. The van der Waals surface area contributed by atoms with Crippen molar-refractivity contribution >= 4 is 147 Å². The van der Waals surface area contributed by atoms with Gasteiger partial charge in [-0.15, -0.1) is 0 Å². The Balaban J connectivity index is 0.000000233. The second kappa shape index (κ2) is 13.8. The fourth-order valence-electron chi connectivity index (χ4n) is 5.32. The van der Waals surface area contributed by atoms with Crippen LogP contribution in [0.15, 0.2) is 16.6 Å². The Morgan fingerprint density at radius 2 is 1.24 bits per heavy atom. The minimum absolute atomic E-state index is 0.426. The van der Waals surface area contributed by atoms with E-state index in [1.807, 2.05) is 0 Å². The molecule has 1 aromatic rings. The van der Waals surface area contributed by atoms with Gasteiger partial charge in [-0.05, 0) is 60.8 Å². The van der Waals surface area contributed by atoms with E-state index >= 15 is 0 Å². The molecule has 16 radical (unpaired) electrons. The van der Waals surface area contributed by atoms with Gasteiger partial charge in [-0.25, -0.2) is 0 Å². The van der Waals surface area contributed by atoms with E-state index in [-0.39, 0.29) is 0 Å². The van der Waals surface area contributed by atoms with Crippen LogP contribution in [0.2, 0.25) is 0 Å². The summed E-state index contributed by atoms with van der Waals surface area (Å²) in [6.45, 7) is 0. The number of aldehydes is 1. The molecular weight excluding hydrogens is 469 g/mol. The zero-order valence-electron chi connectivity index (χ0n) is 18.9. The third-order valence-electron chi connectivity index (χ3n) is 7.00. The molecule has 3 aliphatic carbocycles. The molecule has 1 aromatic carbocycles. The molecule has 0 spiro atoms. The topological polar surface area (TPSA) is 17.1 Å². The maximum absolute atomic E-state index is 11.0. The summed E-state index contributed by atoms with van der Waals surface area (Å²) in [6.07, 6.45) is 3.12. The van der Waals surface area contributed by atoms with Crippen LogP contribution >= 0.6 is 28.0 Å². The standard InChI is InChI=1S/C14H15BrO.B16S/c15-14-7-13-10-3-1-2-9(4-5-10)12(13)6-11(14)8-16;1-10(2)15(11(3)4)14(9-17)16(12(5)6)13(7)8/h6-10H,1-5H2;. The molecule has 0 saturated heterocycles. The molecule has 1 saturated carbocycles. The Bertz CT molecular complexity index is 772. The Kier molecular flexibility index (Phi) is 12.5. The van der Waals surface area contributed by atoms with E-state index in [2.05, 4.69) is 28.1 Å². The zero-order chi connectivity index (χ0) is 24.9. The predicted octanol–water partition coefficient (Wildman–Crippen LogP) is -1.04. The summed E-state index contributed by atoms with van der Waals surface area (Å²) in [4.78, 5) is 11.0. The van der Waals surface area contributed by atoms with Crippen molar-refractivity contribution in [3.8, 4) is 0 Å². The fraction of sp³-hybridized carbons (Fsp3) is 0.500. The minimum atomic E-state index is -0.765. The molecule has 4 rings (SSSR count). The summed E-state index contributed by atoms with van der Waals surface area (Å²) in [5.74, 6) is 1.45. The van der Waals surface area contributed by atoms with E-state index in [0.29, 0.717) is 5.92 Å². The van der Waals surface area contributed by atoms with E-state index in [1.165, 1.54) is 49.3 Å². The average Bonchev–Trinajstić information content (AvgIpc) is 3.06. The second-order valence-corrected chi connectivity index (χ2v) is 10.3. The van der Waals surface area contributed by atoms with Crippen LogP contribution in [0.3, 0.4) is 0 Å². The molecule has 19 heteroatoms. The quantitative estimate of drug-likeness (QED) is 0.347. The van der Waals surface area contributed by atoms with Gasteiger partial charge in [0.15, 0.2) is 6.29 Å². The summed E-state index contributed by atoms with van der Waals surface area (Å²) in [7, 11) is 45.1. The van der Waals surface area contributed by atoms with E-state index in [0.717, 1.165) is 22.2 Å². The molecule has 2 atom stereocenters. The zero-order valence-corrected chi connectivity index (χ0v) is 21.3. The van der Waals surface area contributed by atoms with Gasteiger partial charge in [0.2, 0.25) is 0 Å². The molecule has 0 heterocycles. The second-order valence-electron chi connectivity index (χ2n) is 9.20. The van der Waals surface area contributed by atoms with Crippen molar-refractivity contribution in [2.45, 2.75) is 43.9 Å². The summed E-state index contributed by atoms with van der Waals surface area (Å²) in [5.41, 5.74) is 3.77. The fourth-order valence-corrected chi connectivity index (χ4v) is 6.14. The first-order valence-electron chi connectivity index (χ1n) is 11.3. The molecule has 0 aliphatic heterocycles. The molecule has 3 aliphatic rings. The number of hydrogen-bond acceptors (Lipinski definition) is 2. The predicted molar refractivity (Wildman–Crippen MR) is 168 cm³/mol. The summed E-state index contributed by atoms with van der Waals surface area (Å²) in [5, 5.41) is 0. The van der Waals surface area contributed by atoms with Crippen LogP contribution < -0.4 is 0 Å². The molecule has 0 N–H and O–H groups in total. The van der Waals surface area contributed by atoms with Crippen molar-refractivity contribution in [1.82, 2.24) is 0 Å². The Morgan fingerprint density at radius 3 is 1.61 bits per heavy atom. The number of carbonyl (C=O) groups is 1. The van der Waals surface area contributed by atoms with Gasteiger partial charge in [-0.2, -0.15) is 0 Å². The normalized spacial score (nSPS) is 17.7. The van der Waals surface area contributed by atoms with Crippen LogP contribution in [0.5, 0.6) is 0 Å². The third-order valence-corrected chi connectivity index (χ3v) is 8.00. The van der Waals surface area contributed by atoms with E-state index in [9.17, 15) is 4.79 Å². The molecule has 138 valence electrons. The summed E-state index contributed by atoms with van der Waals surface area (Å²) >= 11 is 8.43. The number of rotatable bonds is 8. The summed E-state index contributed by atoms with van der Waals surface area (Å²) in [6, 6.07) is 5.74. The molecule has 0 aromatic heterocycles. The number of carbonyl (C=O) groups excluding carboxylic acids is 1. The van der Waals surface area contributed by atoms with Gasteiger partial charge in [0.1, 0.15) is 0 Å². The van der Waals surface area contributed by atoms with Crippen LogP contribution in [0, 0.1) is 0 Å². The van der Waals surface area contributed by atoms with Crippen molar-refractivity contribution in [3.63, 3.8) is 0 Å². The summed E-state index contributed by atoms with van der Waals surface area (Å²) < 4.78 is 0.966. The molecule has 2 unspecified atom stereocenters. The Labute approximate surface area is 227 Å². The van der Waals surface area contributed by atoms with Crippen LogP contribution in [-0.2, 0) is 0 Å². The van der Waals surface area contributed by atoms with Gasteiger partial charge in [0.05, 0.1) is 0 Å². The molecule has 1 nitrogen and oxygen atoms in total. The Morgan fingerprint density at radius 1 is 0.818 bits per heavy atom. The van der Waals surface area contributed by atoms with Crippen molar-refractivity contribution in [3.05, 3.63) is 33.3 Å². The van der Waals surface area contributed by atoms with Gasteiger partial charge in [0.25, 0.3) is 0 Å². The monoisotopic (exact) mass is 486 g/mol. The Hall–Kier alpha value is 0.629. The van der Waals surface area contributed by atoms with E-state index in [1.54, 1.807) is 0 Å². The van der Waals surface area contributed by atoms with Gasteiger partial charge >= 0.3 is 125 Å². The molecular formula is C14H15B16BrOS. The van der Waals surface area contributed by atoms with Gasteiger partial charge < -0.3 is 0 Å². The average molecular weight is 484 g/mol. The van der Waals surface area contributed by atoms with Crippen molar-refractivity contribution in [1.29, 1.82) is 0 Å². The van der Waals surface area contributed by atoms with Crippen LogP contribution in [0.4, 0.5) is 0 Å². The van der Waals surface area contributed by atoms with Crippen LogP contribution in [0.25, 0.3) is 0 Å². The van der Waals surface area contributed by atoms with Crippen molar-refractivity contribution < 1.29 is 4.79 Å². The first-order valence-corrected chi connectivity index (χ1v) is 12.6. The first kappa shape index (κ1) is 29.9. The van der Waals surface area contributed by atoms with Crippen LogP contribution in [-0.4, -0.2) is 119 Å². The van der Waals surface area contributed by atoms with Crippen LogP contribution in [0.1, 0.15) is 65.4 Å². The van der Waals surface area contributed by atoms with Gasteiger partial charge in [-0.3, -0.25) is 4.79 Å². The third kappa shape index (κ3) is 7.56. The number of hydrogen-bond donors (Lipinski definition) is 0. The van der Waals surface area contributed by atoms with Gasteiger partial charge in [0, 0.05) is 10.0 Å². The number of fused-ring (bicyclic) bond motifs is 3. The molecule has 33 heavy (non-hydrogen) atoms. The van der Waals surface area contributed by atoms with Crippen molar-refractivity contribution in [2.24, 2.45) is 0 Å². The maximum atomic E-state index is 11.0.